The van der Waals surface area contributed by atoms with Gasteiger partial charge in [-0.15, -0.1) is 0 Å². The van der Waals surface area contributed by atoms with Crippen LogP contribution in [0.2, 0.25) is 0 Å². The SMILES string of the molecule is CC(=O)N1C2CCC1CC(=NOc1nc3oc(=O)cc(Cc4cccc(F)c4)c3c(=O)[nH]1)C2. The van der Waals surface area contributed by atoms with Crippen molar-refractivity contribution in [1.82, 2.24) is 14.9 Å². The van der Waals surface area contributed by atoms with Gasteiger partial charge in [0.25, 0.3) is 5.56 Å². The molecule has 33 heavy (non-hydrogen) atoms. The lowest BCUT2D eigenvalue weighted by atomic mass is 10.0. The summed E-state index contributed by atoms with van der Waals surface area (Å²) in [6, 6.07) is 7.11. The van der Waals surface area contributed by atoms with Gasteiger partial charge < -0.3 is 14.2 Å². The van der Waals surface area contributed by atoms with Crippen molar-refractivity contribution in [2.75, 3.05) is 0 Å². The third-order valence-electron chi connectivity index (χ3n) is 6.15. The Labute approximate surface area is 186 Å². The van der Waals surface area contributed by atoms with Gasteiger partial charge in [-0.1, -0.05) is 17.3 Å². The highest BCUT2D eigenvalue weighted by Gasteiger charge is 2.40. The summed E-state index contributed by atoms with van der Waals surface area (Å²) in [7, 11) is 0. The number of rotatable bonds is 4. The Morgan fingerprint density at radius 3 is 2.73 bits per heavy atom. The molecule has 2 saturated heterocycles. The Balaban J connectivity index is 1.42. The van der Waals surface area contributed by atoms with Crippen LogP contribution in [-0.4, -0.2) is 38.6 Å². The average molecular weight is 452 g/mol. The number of benzene rings is 1. The van der Waals surface area contributed by atoms with Crippen LogP contribution < -0.4 is 16.0 Å². The van der Waals surface area contributed by atoms with Crippen LogP contribution >= 0.6 is 0 Å². The summed E-state index contributed by atoms with van der Waals surface area (Å²) < 4.78 is 18.7. The predicted octanol–water partition coefficient (Wildman–Crippen LogP) is 2.51. The number of aromatic amines is 1. The molecule has 10 heteroatoms. The van der Waals surface area contributed by atoms with Gasteiger partial charge in [0, 0.05) is 37.9 Å². The lowest BCUT2D eigenvalue weighted by Gasteiger charge is -2.34. The van der Waals surface area contributed by atoms with Crippen molar-refractivity contribution >= 4 is 22.7 Å². The summed E-state index contributed by atoms with van der Waals surface area (Å²) >= 11 is 0. The topological polar surface area (TPSA) is 118 Å². The highest BCUT2D eigenvalue weighted by atomic mass is 19.1. The molecule has 1 amide bonds. The van der Waals surface area contributed by atoms with Gasteiger partial charge in [-0.25, -0.2) is 9.18 Å². The molecule has 0 spiro atoms. The second-order valence-electron chi connectivity index (χ2n) is 8.42. The summed E-state index contributed by atoms with van der Waals surface area (Å²) in [4.78, 5) is 50.6. The van der Waals surface area contributed by atoms with Crippen molar-refractivity contribution < 1.29 is 18.4 Å². The van der Waals surface area contributed by atoms with Gasteiger partial charge in [0.1, 0.15) is 11.2 Å². The van der Waals surface area contributed by atoms with E-state index in [-0.39, 0.29) is 41.5 Å². The quantitative estimate of drug-likeness (QED) is 0.608. The molecule has 1 aromatic carbocycles. The first kappa shape index (κ1) is 21.0. The van der Waals surface area contributed by atoms with Gasteiger partial charge >= 0.3 is 11.6 Å². The van der Waals surface area contributed by atoms with Crippen LogP contribution in [0.15, 0.2) is 49.5 Å². The van der Waals surface area contributed by atoms with Gasteiger partial charge in [-0.05, 0) is 42.5 Å². The molecule has 4 heterocycles. The number of amides is 1. The van der Waals surface area contributed by atoms with Gasteiger partial charge in [-0.2, -0.15) is 4.98 Å². The van der Waals surface area contributed by atoms with E-state index in [1.54, 1.807) is 19.1 Å². The molecule has 0 aliphatic carbocycles. The molecule has 2 atom stereocenters. The van der Waals surface area contributed by atoms with E-state index >= 15 is 0 Å². The summed E-state index contributed by atoms with van der Waals surface area (Å²) in [5.41, 5.74) is 0.323. The zero-order chi connectivity index (χ0) is 23.1. The first-order valence-corrected chi connectivity index (χ1v) is 10.7. The van der Waals surface area contributed by atoms with Crippen LogP contribution in [0.4, 0.5) is 4.39 Å². The van der Waals surface area contributed by atoms with Crippen LogP contribution in [0.25, 0.3) is 11.1 Å². The fraction of sp³-hybridized carbons (Fsp3) is 0.348. The molecular weight excluding hydrogens is 431 g/mol. The van der Waals surface area contributed by atoms with Crippen molar-refractivity contribution in [2.24, 2.45) is 5.16 Å². The molecule has 2 bridgehead atoms. The van der Waals surface area contributed by atoms with E-state index in [0.29, 0.717) is 24.0 Å². The summed E-state index contributed by atoms with van der Waals surface area (Å²) in [6.45, 7) is 1.57. The van der Waals surface area contributed by atoms with E-state index in [1.165, 1.54) is 18.2 Å². The highest BCUT2D eigenvalue weighted by molar-refractivity contribution is 5.88. The minimum atomic E-state index is -0.683. The fourth-order valence-electron chi connectivity index (χ4n) is 4.86. The van der Waals surface area contributed by atoms with E-state index < -0.39 is 17.0 Å². The molecule has 2 fully saturated rings. The van der Waals surface area contributed by atoms with Gasteiger partial charge in [0.2, 0.25) is 11.6 Å². The van der Waals surface area contributed by atoms with E-state index in [2.05, 4.69) is 15.1 Å². The van der Waals surface area contributed by atoms with Crippen LogP contribution in [0.5, 0.6) is 6.01 Å². The Hall–Kier alpha value is -3.82. The Morgan fingerprint density at radius 2 is 2.03 bits per heavy atom. The molecular formula is C23H21FN4O5. The molecule has 2 unspecified atom stereocenters. The van der Waals surface area contributed by atoms with E-state index in [4.69, 9.17) is 9.25 Å². The monoisotopic (exact) mass is 452 g/mol. The van der Waals surface area contributed by atoms with Crippen LogP contribution in [-0.2, 0) is 11.2 Å². The fourth-order valence-corrected chi connectivity index (χ4v) is 4.86. The third kappa shape index (κ3) is 4.15. The Morgan fingerprint density at radius 1 is 1.27 bits per heavy atom. The zero-order valence-corrected chi connectivity index (χ0v) is 17.8. The number of carbonyl (C=O) groups is 1. The standard InChI is InChI=1S/C23H21FN4O5/c1-12(29)28-17-5-6-18(28)11-16(10-17)27-33-23-25-21(31)20-14(9-19(30)32-22(20)26-23)7-13-3-2-4-15(24)8-13/h2-4,8-9,17-18H,5-7,10-11H2,1H3,(H,25,26,31). The molecule has 9 nitrogen and oxygen atoms in total. The molecule has 170 valence electrons. The first-order chi connectivity index (χ1) is 15.9. The summed E-state index contributed by atoms with van der Waals surface area (Å²) in [6.07, 6.45) is 3.20. The number of nitrogens with one attached hydrogen (secondary N) is 1. The number of fused-ring (bicyclic) bond motifs is 3. The smallest absolute Gasteiger partial charge is 0.337 e. The number of halogens is 1. The maximum atomic E-state index is 13.5. The maximum Gasteiger partial charge on any atom is 0.337 e. The second-order valence-corrected chi connectivity index (χ2v) is 8.42. The molecule has 5 rings (SSSR count). The van der Waals surface area contributed by atoms with Crippen molar-refractivity contribution in [3.05, 3.63) is 68.0 Å². The van der Waals surface area contributed by atoms with Crippen LogP contribution in [0.1, 0.15) is 43.7 Å². The Bertz CT molecular complexity index is 1380. The third-order valence-corrected chi connectivity index (χ3v) is 6.15. The number of hydrogen-bond donors (Lipinski definition) is 1. The van der Waals surface area contributed by atoms with Gasteiger partial charge in [0.05, 0.1) is 5.71 Å². The molecule has 1 N–H and O–H groups in total. The van der Waals surface area contributed by atoms with Gasteiger partial charge in [-0.3, -0.25) is 14.6 Å². The summed E-state index contributed by atoms with van der Waals surface area (Å²) in [5.74, 6) is -0.351. The number of nitrogens with zero attached hydrogens (tertiary/aromatic N) is 3. The minimum absolute atomic E-state index is 0.0621. The van der Waals surface area contributed by atoms with E-state index in [0.717, 1.165) is 18.6 Å². The first-order valence-electron chi connectivity index (χ1n) is 10.7. The molecule has 3 aromatic rings. The number of piperidine rings is 1. The Kier molecular flexibility index (Phi) is 5.27. The van der Waals surface area contributed by atoms with Crippen LogP contribution in [0, 0.1) is 5.82 Å². The number of hydrogen-bond acceptors (Lipinski definition) is 7. The normalized spacial score (nSPS) is 19.7. The largest absolute Gasteiger partial charge is 0.403 e. The van der Waals surface area contributed by atoms with Crippen molar-refractivity contribution in [3.8, 4) is 6.01 Å². The number of carbonyl (C=O) groups excluding carboxylic acids is 1. The predicted molar refractivity (Wildman–Crippen MR) is 117 cm³/mol. The number of aromatic nitrogens is 2. The number of H-pyrrole nitrogens is 1. The highest BCUT2D eigenvalue weighted by Crippen LogP contribution is 2.34. The average Bonchev–Trinajstić information content (AvgIpc) is 3.02. The molecule has 2 aliphatic heterocycles. The van der Waals surface area contributed by atoms with Crippen LogP contribution in [0.3, 0.4) is 0 Å². The van der Waals surface area contributed by atoms with E-state index in [1.807, 2.05) is 4.90 Å². The second kappa shape index (κ2) is 8.27. The lowest BCUT2D eigenvalue weighted by Crippen LogP contribution is -2.45. The summed E-state index contributed by atoms with van der Waals surface area (Å²) in [5, 5.41) is 4.23. The van der Waals surface area contributed by atoms with E-state index in [9.17, 15) is 18.8 Å². The zero-order valence-electron chi connectivity index (χ0n) is 17.8. The number of oxime groups is 1. The maximum absolute atomic E-state index is 13.5. The molecule has 0 radical (unpaired) electrons. The lowest BCUT2D eigenvalue weighted by molar-refractivity contribution is -0.131. The van der Waals surface area contributed by atoms with Gasteiger partial charge in [0.15, 0.2) is 0 Å². The molecule has 2 aliphatic rings. The molecule has 2 aromatic heterocycles. The van der Waals surface area contributed by atoms with Crippen molar-refractivity contribution in [2.45, 2.75) is 51.1 Å². The molecule has 0 saturated carbocycles. The van der Waals surface area contributed by atoms with Crippen molar-refractivity contribution in [1.29, 1.82) is 0 Å². The minimum Gasteiger partial charge on any atom is -0.403 e. The van der Waals surface area contributed by atoms with Crippen molar-refractivity contribution in [3.63, 3.8) is 0 Å².